The van der Waals surface area contributed by atoms with E-state index in [0.717, 1.165) is 0 Å². The van der Waals surface area contributed by atoms with Gasteiger partial charge >= 0.3 is 0 Å². The molecule has 0 spiro atoms. The molecular weight excluding hydrogens is 452 g/mol. The molecule has 0 atom stereocenters. The van der Waals surface area contributed by atoms with Gasteiger partial charge in [0.1, 0.15) is 47.3 Å². The van der Waals surface area contributed by atoms with Crippen molar-refractivity contribution in [3.8, 4) is 47.3 Å². The fourth-order valence-corrected chi connectivity index (χ4v) is 3.10. The number of azo groups is 1. The molecule has 0 fully saturated rings. The van der Waals surface area contributed by atoms with Gasteiger partial charge in [-0.15, -0.1) is 0 Å². The standard InChI is InChI=1S/C28H14N6O2/c29-15-19-1-7-27(13-21(19)17-31)35-25-9-3-23(4-10-25)33-34-24-5-11-26(12-6-24)36-28-8-2-20(16-30)22(14-28)18-32/h1-14H. The van der Waals surface area contributed by atoms with E-state index in [2.05, 4.69) is 10.2 Å². The third-order valence-corrected chi connectivity index (χ3v) is 4.89. The first-order chi connectivity index (χ1) is 17.6. The zero-order valence-electron chi connectivity index (χ0n) is 18.6. The highest BCUT2D eigenvalue weighted by molar-refractivity contribution is 5.52. The topological polar surface area (TPSA) is 138 Å². The molecule has 0 heterocycles. The first-order valence-electron chi connectivity index (χ1n) is 10.5. The highest BCUT2D eigenvalue weighted by Crippen LogP contribution is 2.28. The van der Waals surface area contributed by atoms with Crippen LogP contribution in [0.25, 0.3) is 0 Å². The molecule has 0 aliphatic rings. The van der Waals surface area contributed by atoms with E-state index < -0.39 is 0 Å². The molecule has 4 aromatic carbocycles. The Kier molecular flexibility index (Phi) is 6.94. The predicted octanol–water partition coefficient (Wildman–Crippen LogP) is 7.17. The van der Waals surface area contributed by atoms with Crippen molar-refractivity contribution in [1.82, 2.24) is 0 Å². The molecule has 4 aromatic rings. The summed E-state index contributed by atoms with van der Waals surface area (Å²) in [5.41, 5.74) is 2.31. The van der Waals surface area contributed by atoms with Gasteiger partial charge in [-0.05, 0) is 84.9 Å². The van der Waals surface area contributed by atoms with Gasteiger partial charge in [0.25, 0.3) is 0 Å². The summed E-state index contributed by atoms with van der Waals surface area (Å²) in [6.07, 6.45) is 0. The predicted molar refractivity (Wildman–Crippen MR) is 129 cm³/mol. The number of rotatable bonds is 6. The second-order valence-electron chi connectivity index (χ2n) is 7.25. The van der Waals surface area contributed by atoms with Crippen molar-refractivity contribution in [2.75, 3.05) is 0 Å². The summed E-state index contributed by atoms with van der Waals surface area (Å²) >= 11 is 0. The summed E-state index contributed by atoms with van der Waals surface area (Å²) in [5.74, 6) is 2.00. The van der Waals surface area contributed by atoms with Crippen LogP contribution in [0, 0.1) is 45.3 Å². The Morgan fingerprint density at radius 3 is 1.08 bits per heavy atom. The highest BCUT2D eigenvalue weighted by atomic mass is 16.5. The van der Waals surface area contributed by atoms with Crippen molar-refractivity contribution in [2.45, 2.75) is 0 Å². The Balaban J connectivity index is 1.38. The van der Waals surface area contributed by atoms with Crippen LogP contribution < -0.4 is 9.47 Å². The fourth-order valence-electron chi connectivity index (χ4n) is 3.10. The summed E-state index contributed by atoms with van der Waals surface area (Å²) < 4.78 is 11.5. The second-order valence-corrected chi connectivity index (χ2v) is 7.25. The van der Waals surface area contributed by atoms with E-state index >= 15 is 0 Å². The molecule has 168 valence electrons. The van der Waals surface area contributed by atoms with Crippen LogP contribution in [0.3, 0.4) is 0 Å². The van der Waals surface area contributed by atoms with Crippen molar-refractivity contribution in [3.05, 3.63) is 107 Å². The van der Waals surface area contributed by atoms with Gasteiger partial charge in [0, 0.05) is 0 Å². The summed E-state index contributed by atoms with van der Waals surface area (Å²) in [5, 5.41) is 44.7. The van der Waals surface area contributed by atoms with E-state index in [1.165, 1.54) is 12.1 Å². The monoisotopic (exact) mass is 466 g/mol. The Morgan fingerprint density at radius 2 is 0.750 bits per heavy atom. The first-order valence-corrected chi connectivity index (χ1v) is 10.5. The number of ether oxygens (including phenoxy) is 2. The van der Waals surface area contributed by atoms with Crippen LogP contribution in [-0.4, -0.2) is 0 Å². The van der Waals surface area contributed by atoms with Crippen LogP contribution >= 0.6 is 0 Å². The van der Waals surface area contributed by atoms with Crippen molar-refractivity contribution >= 4 is 11.4 Å². The molecule has 0 amide bonds. The quantitative estimate of drug-likeness (QED) is 0.276. The summed E-state index contributed by atoms with van der Waals surface area (Å²) in [4.78, 5) is 0. The maximum atomic E-state index is 9.14. The number of benzene rings is 4. The number of hydrogen-bond acceptors (Lipinski definition) is 8. The number of hydrogen-bond donors (Lipinski definition) is 0. The van der Waals surface area contributed by atoms with Crippen molar-refractivity contribution < 1.29 is 9.47 Å². The van der Waals surface area contributed by atoms with Gasteiger partial charge in [-0.3, -0.25) is 0 Å². The van der Waals surface area contributed by atoms with Crippen LogP contribution in [0.5, 0.6) is 23.0 Å². The molecule has 0 saturated carbocycles. The van der Waals surface area contributed by atoms with Gasteiger partial charge < -0.3 is 9.47 Å². The SMILES string of the molecule is N#Cc1ccc(Oc2ccc(N=Nc3ccc(Oc4ccc(C#N)c(C#N)c4)cc3)cc2)cc1C#N. The van der Waals surface area contributed by atoms with E-state index in [0.29, 0.717) is 45.5 Å². The lowest BCUT2D eigenvalue weighted by Gasteiger charge is -2.07. The summed E-state index contributed by atoms with van der Waals surface area (Å²) in [6, 6.07) is 31.1. The Bertz CT molecular complexity index is 1490. The smallest absolute Gasteiger partial charge is 0.128 e. The third-order valence-electron chi connectivity index (χ3n) is 4.89. The molecule has 0 unspecified atom stereocenters. The van der Waals surface area contributed by atoms with Gasteiger partial charge in [-0.2, -0.15) is 31.3 Å². The van der Waals surface area contributed by atoms with Crippen molar-refractivity contribution in [1.29, 1.82) is 21.0 Å². The van der Waals surface area contributed by atoms with Crippen LogP contribution in [-0.2, 0) is 0 Å². The van der Waals surface area contributed by atoms with E-state index in [-0.39, 0.29) is 11.1 Å². The van der Waals surface area contributed by atoms with Gasteiger partial charge in [-0.1, -0.05) is 0 Å². The van der Waals surface area contributed by atoms with E-state index in [1.54, 1.807) is 72.8 Å². The van der Waals surface area contributed by atoms with Gasteiger partial charge in [-0.25, -0.2) is 0 Å². The molecule has 8 heteroatoms. The second kappa shape index (κ2) is 10.8. The molecule has 0 aromatic heterocycles. The number of nitrogens with zero attached hydrogens (tertiary/aromatic N) is 6. The zero-order chi connectivity index (χ0) is 25.3. The molecule has 0 saturated heterocycles. The molecule has 4 rings (SSSR count). The highest BCUT2D eigenvalue weighted by Gasteiger charge is 2.06. The lowest BCUT2D eigenvalue weighted by molar-refractivity contribution is 0.482. The van der Waals surface area contributed by atoms with Gasteiger partial charge in [0.2, 0.25) is 0 Å². The molecular formula is C28H14N6O2. The average molecular weight is 466 g/mol. The first kappa shape index (κ1) is 23.2. The van der Waals surface area contributed by atoms with Gasteiger partial charge in [0.15, 0.2) is 0 Å². The van der Waals surface area contributed by atoms with Crippen molar-refractivity contribution in [2.24, 2.45) is 10.2 Å². The third kappa shape index (κ3) is 5.50. The van der Waals surface area contributed by atoms with Crippen LogP contribution in [0.2, 0.25) is 0 Å². The Hall–Kier alpha value is -5.96. The normalized spacial score (nSPS) is 10.0. The van der Waals surface area contributed by atoms with Crippen LogP contribution in [0.1, 0.15) is 22.3 Å². The van der Waals surface area contributed by atoms with E-state index in [1.807, 2.05) is 24.3 Å². The minimum Gasteiger partial charge on any atom is -0.457 e. The molecule has 0 aliphatic carbocycles. The number of nitriles is 4. The summed E-state index contributed by atoms with van der Waals surface area (Å²) in [6.45, 7) is 0. The minimum absolute atomic E-state index is 0.251. The zero-order valence-corrected chi connectivity index (χ0v) is 18.6. The molecule has 0 radical (unpaired) electrons. The van der Waals surface area contributed by atoms with E-state index in [4.69, 9.17) is 30.5 Å². The maximum absolute atomic E-state index is 9.14. The lowest BCUT2D eigenvalue weighted by Crippen LogP contribution is -1.88. The largest absolute Gasteiger partial charge is 0.457 e. The lowest BCUT2D eigenvalue weighted by atomic mass is 10.1. The Labute approximate surface area is 206 Å². The fraction of sp³-hybridized carbons (Fsp3) is 0. The minimum atomic E-state index is 0.251. The molecule has 8 nitrogen and oxygen atoms in total. The average Bonchev–Trinajstić information content (AvgIpc) is 2.93. The molecule has 0 N–H and O–H groups in total. The molecule has 0 aliphatic heterocycles. The van der Waals surface area contributed by atoms with E-state index in [9.17, 15) is 0 Å². The van der Waals surface area contributed by atoms with Crippen molar-refractivity contribution in [3.63, 3.8) is 0 Å². The van der Waals surface area contributed by atoms with Crippen LogP contribution in [0.4, 0.5) is 11.4 Å². The maximum Gasteiger partial charge on any atom is 0.128 e. The molecule has 36 heavy (non-hydrogen) atoms. The van der Waals surface area contributed by atoms with Gasteiger partial charge in [0.05, 0.1) is 33.6 Å². The Morgan fingerprint density at radius 1 is 0.417 bits per heavy atom. The molecule has 0 bridgehead atoms. The van der Waals surface area contributed by atoms with Crippen LogP contribution in [0.15, 0.2) is 95.2 Å². The summed E-state index contributed by atoms with van der Waals surface area (Å²) in [7, 11) is 0.